The summed E-state index contributed by atoms with van der Waals surface area (Å²) in [4.78, 5) is 23.9. The van der Waals surface area contributed by atoms with Crippen molar-refractivity contribution in [1.29, 1.82) is 0 Å². The van der Waals surface area contributed by atoms with E-state index < -0.39 is 17.9 Å². The quantitative estimate of drug-likeness (QED) is 0.777. The van der Waals surface area contributed by atoms with Crippen LogP contribution >= 0.6 is 0 Å². The summed E-state index contributed by atoms with van der Waals surface area (Å²) in [7, 11) is 6.19. The maximum atomic E-state index is 12.6. The van der Waals surface area contributed by atoms with Crippen molar-refractivity contribution in [2.45, 2.75) is 19.9 Å². The highest BCUT2D eigenvalue weighted by Crippen LogP contribution is 2.44. The Hall–Kier alpha value is -2.90. The lowest BCUT2D eigenvalue weighted by atomic mass is 10.0. The number of carbonyl (C=O) groups is 2. The fourth-order valence-electron chi connectivity index (χ4n) is 2.91. The summed E-state index contributed by atoms with van der Waals surface area (Å²) >= 11 is 0. The average Bonchev–Trinajstić information content (AvgIpc) is 2.93. The Morgan fingerprint density at radius 2 is 1.69 bits per heavy atom. The fourth-order valence-corrected chi connectivity index (χ4v) is 2.91. The molecular formula is C18H23N2O6-. The normalized spacial score (nSPS) is 12.1. The highest BCUT2D eigenvalue weighted by atomic mass is 16.5. The number of fused-ring (bicyclic) bond motifs is 1. The number of aryl methyl sites for hydroxylation is 1. The van der Waals surface area contributed by atoms with Gasteiger partial charge in [0.1, 0.15) is 5.69 Å². The van der Waals surface area contributed by atoms with E-state index in [2.05, 4.69) is 5.32 Å². The monoisotopic (exact) mass is 363 g/mol. The van der Waals surface area contributed by atoms with Gasteiger partial charge in [0.05, 0.1) is 38.9 Å². The van der Waals surface area contributed by atoms with Crippen LogP contribution in [0.25, 0.3) is 10.9 Å². The van der Waals surface area contributed by atoms with E-state index >= 15 is 0 Å². The molecule has 0 bridgehead atoms. The maximum absolute atomic E-state index is 12.6. The van der Waals surface area contributed by atoms with Crippen LogP contribution in [0.4, 0.5) is 0 Å². The van der Waals surface area contributed by atoms with Crippen molar-refractivity contribution in [3.05, 3.63) is 17.8 Å². The van der Waals surface area contributed by atoms with Gasteiger partial charge in [0.2, 0.25) is 5.75 Å². The number of aliphatic carboxylic acids is 1. The Morgan fingerprint density at radius 1 is 1.08 bits per heavy atom. The Bertz CT molecular complexity index is 840. The summed E-state index contributed by atoms with van der Waals surface area (Å²) in [5, 5.41) is 14.4. The molecular weight excluding hydrogens is 340 g/mol. The van der Waals surface area contributed by atoms with Crippen LogP contribution in [0, 0.1) is 5.92 Å². The van der Waals surface area contributed by atoms with E-state index in [4.69, 9.17) is 14.2 Å². The molecule has 0 unspecified atom stereocenters. The molecule has 1 heterocycles. The number of carbonyl (C=O) groups excluding carboxylic acids is 2. The number of hydrogen-bond acceptors (Lipinski definition) is 6. The van der Waals surface area contributed by atoms with Gasteiger partial charge in [-0.3, -0.25) is 4.79 Å². The highest BCUT2D eigenvalue weighted by Gasteiger charge is 2.24. The van der Waals surface area contributed by atoms with E-state index in [1.54, 1.807) is 37.6 Å². The van der Waals surface area contributed by atoms with Crippen LogP contribution in [0.2, 0.25) is 0 Å². The molecule has 1 N–H and O–H groups in total. The van der Waals surface area contributed by atoms with Gasteiger partial charge in [-0.25, -0.2) is 0 Å². The van der Waals surface area contributed by atoms with E-state index in [1.165, 1.54) is 21.3 Å². The van der Waals surface area contributed by atoms with E-state index in [0.717, 1.165) is 0 Å². The zero-order valence-corrected chi connectivity index (χ0v) is 15.7. The van der Waals surface area contributed by atoms with Crippen molar-refractivity contribution in [2.75, 3.05) is 21.3 Å². The molecule has 2 rings (SSSR count). The third-order valence-corrected chi connectivity index (χ3v) is 4.26. The Labute approximate surface area is 151 Å². The molecule has 0 radical (unpaired) electrons. The van der Waals surface area contributed by atoms with E-state index in [-0.39, 0.29) is 11.6 Å². The first-order chi connectivity index (χ1) is 12.3. The summed E-state index contributed by atoms with van der Waals surface area (Å²) in [6, 6.07) is 2.28. The molecule has 0 aliphatic carbocycles. The second kappa shape index (κ2) is 7.55. The first-order valence-corrected chi connectivity index (χ1v) is 8.06. The molecule has 26 heavy (non-hydrogen) atoms. The maximum Gasteiger partial charge on any atom is 0.268 e. The first-order valence-electron chi connectivity index (χ1n) is 8.06. The van der Waals surface area contributed by atoms with Crippen molar-refractivity contribution in [2.24, 2.45) is 13.0 Å². The van der Waals surface area contributed by atoms with Crippen LogP contribution < -0.4 is 24.6 Å². The predicted octanol–water partition coefficient (Wildman–Crippen LogP) is 0.708. The molecule has 0 saturated heterocycles. The van der Waals surface area contributed by atoms with Crippen molar-refractivity contribution in [3.63, 3.8) is 0 Å². The van der Waals surface area contributed by atoms with Crippen LogP contribution in [-0.2, 0) is 11.8 Å². The van der Waals surface area contributed by atoms with Crippen molar-refractivity contribution < 1.29 is 28.9 Å². The molecule has 142 valence electrons. The summed E-state index contributed by atoms with van der Waals surface area (Å²) in [6.07, 6.45) is 0. The van der Waals surface area contributed by atoms with Gasteiger partial charge >= 0.3 is 0 Å². The lowest BCUT2D eigenvalue weighted by Gasteiger charge is -2.23. The zero-order chi connectivity index (χ0) is 19.6. The topological polar surface area (TPSA) is 102 Å². The molecule has 8 heteroatoms. The molecule has 0 aliphatic heterocycles. The average molecular weight is 363 g/mol. The number of carboxylic acid groups (broad SMARTS) is 1. The van der Waals surface area contributed by atoms with Crippen molar-refractivity contribution in [1.82, 2.24) is 9.88 Å². The predicted molar refractivity (Wildman–Crippen MR) is 93.7 cm³/mol. The van der Waals surface area contributed by atoms with Gasteiger partial charge in [-0.1, -0.05) is 13.8 Å². The van der Waals surface area contributed by atoms with Crippen LogP contribution in [0.5, 0.6) is 17.2 Å². The van der Waals surface area contributed by atoms with Crippen molar-refractivity contribution >= 4 is 22.8 Å². The van der Waals surface area contributed by atoms with Gasteiger partial charge < -0.3 is 34.0 Å². The number of amides is 1. The van der Waals surface area contributed by atoms with Crippen molar-refractivity contribution in [3.8, 4) is 17.2 Å². The molecule has 1 atom stereocenters. The van der Waals surface area contributed by atoms with Gasteiger partial charge in [0.25, 0.3) is 5.91 Å². The molecule has 0 spiro atoms. The summed E-state index contributed by atoms with van der Waals surface area (Å²) in [6.45, 7) is 3.39. The molecule has 0 fully saturated rings. The van der Waals surface area contributed by atoms with Gasteiger partial charge in [-0.05, 0) is 18.1 Å². The Balaban J connectivity index is 2.58. The van der Waals surface area contributed by atoms with Gasteiger partial charge in [0.15, 0.2) is 11.5 Å². The minimum Gasteiger partial charge on any atom is -0.548 e. The fraction of sp³-hybridized carbons (Fsp3) is 0.444. The van der Waals surface area contributed by atoms with Crippen LogP contribution in [0.15, 0.2) is 12.1 Å². The number of benzene rings is 1. The number of ether oxygens (including phenoxy) is 3. The largest absolute Gasteiger partial charge is 0.548 e. The number of carboxylic acids is 1. The van der Waals surface area contributed by atoms with E-state index in [0.29, 0.717) is 28.2 Å². The Morgan fingerprint density at radius 3 is 2.15 bits per heavy atom. The lowest BCUT2D eigenvalue weighted by molar-refractivity contribution is -0.309. The highest BCUT2D eigenvalue weighted by molar-refractivity contribution is 6.02. The third-order valence-electron chi connectivity index (χ3n) is 4.26. The molecule has 0 aliphatic rings. The third kappa shape index (κ3) is 3.26. The number of nitrogens with one attached hydrogen (secondary N) is 1. The molecule has 0 saturated carbocycles. The number of rotatable bonds is 7. The molecule has 1 aromatic heterocycles. The first kappa shape index (κ1) is 19.4. The smallest absolute Gasteiger partial charge is 0.268 e. The molecule has 1 amide bonds. The summed E-state index contributed by atoms with van der Waals surface area (Å²) < 4.78 is 17.8. The number of hydrogen-bond donors (Lipinski definition) is 1. The Kier molecular flexibility index (Phi) is 5.64. The summed E-state index contributed by atoms with van der Waals surface area (Å²) in [5.41, 5.74) is 0.908. The second-order valence-electron chi connectivity index (χ2n) is 6.19. The SMILES string of the molecule is COc1cc2cc(C(=O)N[C@H](C(=O)[O-])C(C)C)n(C)c2c(OC)c1OC. The molecule has 8 nitrogen and oxygen atoms in total. The standard InChI is InChI=1S/C18H24N2O6/c1-9(2)13(18(22)23)19-17(21)11-7-10-8-12(24-4)15(25-5)16(26-6)14(10)20(11)3/h7-9,13H,1-6H3,(H,19,21)(H,22,23)/p-1/t13-/m0/s1. The number of nitrogens with zero attached hydrogens (tertiary/aromatic N) is 1. The number of aromatic nitrogens is 1. The number of methoxy groups -OCH3 is 3. The van der Waals surface area contributed by atoms with Crippen LogP contribution in [-0.4, -0.2) is 43.8 Å². The minimum atomic E-state index is -1.33. The minimum absolute atomic E-state index is 0.278. The van der Waals surface area contributed by atoms with Crippen LogP contribution in [0.3, 0.4) is 0 Å². The zero-order valence-electron chi connectivity index (χ0n) is 15.7. The van der Waals surface area contributed by atoms with Gasteiger partial charge in [-0.15, -0.1) is 0 Å². The lowest BCUT2D eigenvalue weighted by Crippen LogP contribution is -2.51. The summed E-state index contributed by atoms with van der Waals surface area (Å²) in [5.74, 6) is -0.869. The second-order valence-corrected chi connectivity index (χ2v) is 6.19. The van der Waals surface area contributed by atoms with E-state index in [9.17, 15) is 14.7 Å². The van der Waals surface area contributed by atoms with E-state index in [1.807, 2.05) is 0 Å². The van der Waals surface area contributed by atoms with Gasteiger partial charge in [-0.2, -0.15) is 0 Å². The molecule has 2 aromatic rings. The molecule has 1 aromatic carbocycles. The van der Waals surface area contributed by atoms with Crippen LogP contribution in [0.1, 0.15) is 24.3 Å². The van der Waals surface area contributed by atoms with Gasteiger partial charge in [0, 0.05) is 12.4 Å².